The summed E-state index contributed by atoms with van der Waals surface area (Å²) >= 11 is 0. The summed E-state index contributed by atoms with van der Waals surface area (Å²) in [7, 11) is -0.804. The van der Waals surface area contributed by atoms with Crippen LogP contribution >= 0.6 is 0 Å². The average molecular weight is 320 g/mol. The Labute approximate surface area is 129 Å². The first-order chi connectivity index (χ1) is 10.5. The third kappa shape index (κ3) is 3.37. The number of hydrogen-bond donors (Lipinski definition) is 2. The SMILES string of the molecule is CNC(=O)c1ccccc1NS(=O)(=O)c1ccc(OC)cc1. The number of rotatable bonds is 5. The zero-order chi connectivity index (χ0) is 16.2. The Balaban J connectivity index is 2.34. The lowest BCUT2D eigenvalue weighted by atomic mass is 10.2. The summed E-state index contributed by atoms with van der Waals surface area (Å²) in [6.45, 7) is 0. The van der Waals surface area contributed by atoms with Crippen LogP contribution in [0.4, 0.5) is 5.69 Å². The molecule has 0 heterocycles. The third-order valence-electron chi connectivity index (χ3n) is 3.01. The van der Waals surface area contributed by atoms with Gasteiger partial charge in [0, 0.05) is 7.05 Å². The van der Waals surface area contributed by atoms with Gasteiger partial charge in [0.2, 0.25) is 0 Å². The van der Waals surface area contributed by atoms with Gasteiger partial charge in [0.1, 0.15) is 5.75 Å². The van der Waals surface area contributed by atoms with Gasteiger partial charge < -0.3 is 10.1 Å². The molecule has 7 heteroatoms. The zero-order valence-corrected chi connectivity index (χ0v) is 13.0. The normalized spacial score (nSPS) is 10.8. The van der Waals surface area contributed by atoms with Crippen LogP contribution in [0.15, 0.2) is 53.4 Å². The van der Waals surface area contributed by atoms with Crippen molar-refractivity contribution in [3.8, 4) is 5.75 Å². The van der Waals surface area contributed by atoms with E-state index in [0.717, 1.165) is 0 Å². The molecule has 2 aromatic rings. The molecule has 0 unspecified atom stereocenters. The highest BCUT2D eigenvalue weighted by Gasteiger charge is 2.18. The van der Waals surface area contributed by atoms with Crippen molar-refractivity contribution in [2.75, 3.05) is 18.9 Å². The van der Waals surface area contributed by atoms with E-state index in [1.165, 1.54) is 32.4 Å². The van der Waals surface area contributed by atoms with Gasteiger partial charge in [0.15, 0.2) is 0 Å². The van der Waals surface area contributed by atoms with E-state index in [1.54, 1.807) is 30.3 Å². The highest BCUT2D eigenvalue weighted by molar-refractivity contribution is 7.92. The lowest BCUT2D eigenvalue weighted by Crippen LogP contribution is -2.21. The second-order valence-corrected chi connectivity index (χ2v) is 6.09. The van der Waals surface area contributed by atoms with Crippen LogP contribution in [-0.2, 0) is 10.0 Å². The number of ether oxygens (including phenoxy) is 1. The molecule has 0 spiro atoms. The number of nitrogens with one attached hydrogen (secondary N) is 2. The third-order valence-corrected chi connectivity index (χ3v) is 4.39. The number of methoxy groups -OCH3 is 1. The van der Waals surface area contributed by atoms with E-state index in [9.17, 15) is 13.2 Å². The molecule has 22 heavy (non-hydrogen) atoms. The molecule has 2 N–H and O–H groups in total. The average Bonchev–Trinajstić information content (AvgIpc) is 2.54. The van der Waals surface area contributed by atoms with Gasteiger partial charge in [-0.1, -0.05) is 12.1 Å². The van der Waals surface area contributed by atoms with Crippen molar-refractivity contribution in [3.63, 3.8) is 0 Å². The number of carbonyl (C=O) groups excluding carboxylic acids is 1. The van der Waals surface area contributed by atoms with Crippen molar-refractivity contribution >= 4 is 21.6 Å². The number of carbonyl (C=O) groups is 1. The Morgan fingerprint density at radius 2 is 1.68 bits per heavy atom. The number of anilines is 1. The number of sulfonamides is 1. The maximum Gasteiger partial charge on any atom is 0.261 e. The molecule has 1 amide bonds. The molecule has 0 radical (unpaired) electrons. The molecular weight excluding hydrogens is 304 g/mol. The van der Waals surface area contributed by atoms with Gasteiger partial charge in [-0.15, -0.1) is 0 Å². The zero-order valence-electron chi connectivity index (χ0n) is 12.2. The van der Waals surface area contributed by atoms with Crippen molar-refractivity contribution in [2.45, 2.75) is 4.90 Å². The van der Waals surface area contributed by atoms with Crippen LogP contribution in [0.25, 0.3) is 0 Å². The van der Waals surface area contributed by atoms with Gasteiger partial charge in [-0.2, -0.15) is 0 Å². The summed E-state index contributed by atoms with van der Waals surface area (Å²) in [5.74, 6) is 0.192. The Morgan fingerprint density at radius 1 is 1.05 bits per heavy atom. The molecule has 0 aromatic heterocycles. The van der Waals surface area contributed by atoms with E-state index in [4.69, 9.17) is 4.74 Å². The van der Waals surface area contributed by atoms with Crippen molar-refractivity contribution < 1.29 is 17.9 Å². The van der Waals surface area contributed by atoms with E-state index in [-0.39, 0.29) is 22.1 Å². The largest absolute Gasteiger partial charge is 0.497 e. The molecule has 2 rings (SSSR count). The summed E-state index contributed by atoms with van der Waals surface area (Å²) in [4.78, 5) is 11.9. The summed E-state index contributed by atoms with van der Waals surface area (Å²) in [5.41, 5.74) is 0.472. The van der Waals surface area contributed by atoms with Crippen molar-refractivity contribution in [2.24, 2.45) is 0 Å². The van der Waals surface area contributed by atoms with Crippen molar-refractivity contribution in [3.05, 3.63) is 54.1 Å². The second-order valence-electron chi connectivity index (χ2n) is 4.41. The van der Waals surface area contributed by atoms with Crippen LogP contribution in [0.5, 0.6) is 5.75 Å². The van der Waals surface area contributed by atoms with Crippen LogP contribution in [0.3, 0.4) is 0 Å². The fraction of sp³-hybridized carbons (Fsp3) is 0.133. The fourth-order valence-electron chi connectivity index (χ4n) is 1.86. The topological polar surface area (TPSA) is 84.5 Å². The Morgan fingerprint density at radius 3 is 2.27 bits per heavy atom. The van der Waals surface area contributed by atoms with E-state index >= 15 is 0 Å². The molecular formula is C15H16N2O4S. The smallest absolute Gasteiger partial charge is 0.261 e. The quantitative estimate of drug-likeness (QED) is 0.880. The number of para-hydroxylation sites is 1. The van der Waals surface area contributed by atoms with E-state index in [0.29, 0.717) is 5.75 Å². The first-order valence-corrected chi connectivity index (χ1v) is 7.94. The van der Waals surface area contributed by atoms with Gasteiger partial charge in [0.05, 0.1) is 23.3 Å². The first kappa shape index (κ1) is 15.8. The molecule has 0 aliphatic rings. The fourth-order valence-corrected chi connectivity index (χ4v) is 2.94. The van der Waals surface area contributed by atoms with Crippen LogP contribution < -0.4 is 14.8 Å². The van der Waals surface area contributed by atoms with Crippen molar-refractivity contribution in [1.82, 2.24) is 5.32 Å². The molecule has 0 aliphatic heterocycles. The maximum absolute atomic E-state index is 12.4. The molecule has 0 saturated carbocycles. The predicted molar refractivity (Wildman–Crippen MR) is 83.6 cm³/mol. The highest BCUT2D eigenvalue weighted by Crippen LogP contribution is 2.21. The minimum atomic E-state index is -3.79. The molecule has 6 nitrogen and oxygen atoms in total. The van der Waals surface area contributed by atoms with E-state index in [1.807, 2.05) is 0 Å². The van der Waals surface area contributed by atoms with Gasteiger partial charge in [-0.3, -0.25) is 9.52 Å². The van der Waals surface area contributed by atoms with Crippen LogP contribution in [0, 0.1) is 0 Å². The van der Waals surface area contributed by atoms with Gasteiger partial charge in [-0.05, 0) is 36.4 Å². The molecule has 2 aromatic carbocycles. The maximum atomic E-state index is 12.4. The van der Waals surface area contributed by atoms with Crippen molar-refractivity contribution in [1.29, 1.82) is 0 Å². The summed E-state index contributed by atoms with van der Waals surface area (Å²) in [6, 6.07) is 12.4. The molecule has 0 atom stereocenters. The molecule has 116 valence electrons. The van der Waals surface area contributed by atoms with Gasteiger partial charge in [-0.25, -0.2) is 8.42 Å². The number of benzene rings is 2. The number of amides is 1. The standard InChI is InChI=1S/C15H16N2O4S/c1-16-15(18)13-5-3-4-6-14(13)17-22(19,20)12-9-7-11(21-2)8-10-12/h3-10,17H,1-2H3,(H,16,18). The molecule has 0 fully saturated rings. The Bertz CT molecular complexity index is 770. The summed E-state index contributed by atoms with van der Waals surface area (Å²) in [6.07, 6.45) is 0. The van der Waals surface area contributed by atoms with Gasteiger partial charge >= 0.3 is 0 Å². The lowest BCUT2D eigenvalue weighted by Gasteiger charge is -2.12. The van der Waals surface area contributed by atoms with Crippen LogP contribution in [0.2, 0.25) is 0 Å². The first-order valence-electron chi connectivity index (χ1n) is 6.46. The second kappa shape index (κ2) is 6.48. The van der Waals surface area contributed by atoms with Crippen LogP contribution in [-0.4, -0.2) is 28.5 Å². The van der Waals surface area contributed by atoms with E-state index < -0.39 is 10.0 Å². The Hall–Kier alpha value is -2.54. The molecule has 0 aliphatic carbocycles. The minimum absolute atomic E-state index is 0.0833. The lowest BCUT2D eigenvalue weighted by molar-refractivity contribution is 0.0964. The summed E-state index contributed by atoms with van der Waals surface area (Å²) < 4.78 is 32.2. The Kier molecular flexibility index (Phi) is 4.67. The number of hydrogen-bond acceptors (Lipinski definition) is 4. The monoisotopic (exact) mass is 320 g/mol. The predicted octanol–water partition coefficient (Wildman–Crippen LogP) is 1.86. The highest BCUT2D eigenvalue weighted by atomic mass is 32.2. The van der Waals surface area contributed by atoms with E-state index in [2.05, 4.69) is 10.0 Å². The van der Waals surface area contributed by atoms with Gasteiger partial charge in [0.25, 0.3) is 15.9 Å². The van der Waals surface area contributed by atoms with Crippen LogP contribution in [0.1, 0.15) is 10.4 Å². The molecule has 0 bridgehead atoms. The molecule has 0 saturated heterocycles. The summed E-state index contributed by atoms with van der Waals surface area (Å²) in [5, 5.41) is 2.47. The minimum Gasteiger partial charge on any atom is -0.497 e.